The maximum atomic E-state index is 6.89. The third kappa shape index (κ3) is 5.06. The highest BCUT2D eigenvalue weighted by Crippen LogP contribution is 2.58. The molecule has 276 valence electrons. The molecule has 0 aliphatic carbocycles. The number of nitrogens with zero attached hydrogens (tertiary/aromatic N) is 1. The molecule has 0 amide bonds. The second-order valence-corrected chi connectivity index (χ2v) is 15.9. The number of furan rings is 2. The van der Waals surface area contributed by atoms with Crippen molar-refractivity contribution >= 4 is 60.1 Å². The van der Waals surface area contributed by atoms with Crippen LogP contribution in [0.25, 0.3) is 93.2 Å². The van der Waals surface area contributed by atoms with Gasteiger partial charge in [0, 0.05) is 22.1 Å². The van der Waals surface area contributed by atoms with Gasteiger partial charge in [0.25, 0.3) is 0 Å². The highest BCUT2D eigenvalue weighted by atomic mass is 16.3. The zero-order valence-electron chi connectivity index (χ0n) is 32.0. The summed E-state index contributed by atoms with van der Waals surface area (Å²) in [5.41, 5.74) is 13.3. The van der Waals surface area contributed by atoms with E-state index in [1.54, 1.807) is 0 Å². The third-order valence-electron chi connectivity index (χ3n) is 12.7. The molecule has 3 unspecified atom stereocenters. The van der Waals surface area contributed by atoms with Crippen molar-refractivity contribution in [3.63, 3.8) is 0 Å². The van der Waals surface area contributed by atoms with Crippen molar-refractivity contribution in [3.8, 4) is 33.4 Å². The fourth-order valence-electron chi connectivity index (χ4n) is 9.99. The quantitative estimate of drug-likeness (QED) is 0.159. The Morgan fingerprint density at radius 2 is 0.983 bits per heavy atom. The van der Waals surface area contributed by atoms with Gasteiger partial charge in [0.1, 0.15) is 16.7 Å². The number of fused-ring (bicyclic) bond motifs is 6. The molecular formula is C55H38NO2-. The minimum absolute atomic E-state index is 0.00293. The molecule has 1 aliphatic heterocycles. The van der Waals surface area contributed by atoms with Gasteiger partial charge in [-0.25, -0.2) is 0 Å². The van der Waals surface area contributed by atoms with Gasteiger partial charge in [-0.15, -0.1) is 0 Å². The molecular weight excluding hydrogens is 707 g/mol. The third-order valence-corrected chi connectivity index (χ3v) is 12.7. The summed E-state index contributed by atoms with van der Waals surface area (Å²) < 4.78 is 13.2. The fraction of sp³-hybridized carbons (Fsp3) is 0.0909. The van der Waals surface area contributed by atoms with Crippen LogP contribution in [0.1, 0.15) is 42.2 Å². The molecule has 58 heavy (non-hydrogen) atoms. The molecule has 9 aromatic carbocycles. The summed E-state index contributed by atoms with van der Waals surface area (Å²) in [6.07, 6.45) is 0.958. The molecule has 0 radical (unpaired) electrons. The van der Waals surface area contributed by atoms with Crippen LogP contribution in [0.3, 0.4) is 0 Å². The fourth-order valence-corrected chi connectivity index (χ4v) is 9.99. The zero-order valence-corrected chi connectivity index (χ0v) is 32.0. The molecule has 1 aliphatic rings. The van der Waals surface area contributed by atoms with E-state index in [1.807, 2.05) is 0 Å². The van der Waals surface area contributed by atoms with Crippen molar-refractivity contribution in [2.24, 2.45) is 5.92 Å². The Balaban J connectivity index is 0.975. The average Bonchev–Trinajstić information content (AvgIpc) is 3.87. The van der Waals surface area contributed by atoms with Crippen LogP contribution in [0.4, 0.5) is 5.69 Å². The van der Waals surface area contributed by atoms with Gasteiger partial charge in [0.15, 0.2) is 0 Å². The Morgan fingerprint density at radius 1 is 0.414 bits per heavy atom. The van der Waals surface area contributed by atoms with Gasteiger partial charge in [0.2, 0.25) is 0 Å². The molecule has 3 atom stereocenters. The lowest BCUT2D eigenvalue weighted by molar-refractivity contribution is 0.350. The van der Waals surface area contributed by atoms with E-state index < -0.39 is 0 Å². The summed E-state index contributed by atoms with van der Waals surface area (Å²) >= 11 is 0. The topological polar surface area (TPSA) is 40.4 Å². The highest BCUT2D eigenvalue weighted by molar-refractivity contribution is 6.33. The smallest absolute Gasteiger partial charge is 0.136 e. The molecule has 0 fully saturated rings. The maximum absolute atomic E-state index is 6.89. The average molecular weight is 745 g/mol. The molecule has 3 nitrogen and oxygen atoms in total. The summed E-state index contributed by atoms with van der Waals surface area (Å²) in [7, 11) is 0. The van der Waals surface area contributed by atoms with Crippen LogP contribution < -0.4 is 0 Å². The molecule has 2 aromatic heterocycles. The molecule has 3 heteroatoms. The summed E-state index contributed by atoms with van der Waals surface area (Å²) in [4.78, 5) is 0. The van der Waals surface area contributed by atoms with Crippen molar-refractivity contribution in [3.05, 3.63) is 204 Å². The highest BCUT2D eigenvalue weighted by Gasteiger charge is 2.35. The first-order chi connectivity index (χ1) is 28.7. The first-order valence-corrected chi connectivity index (χ1v) is 20.4. The monoisotopic (exact) mass is 744 g/mol. The van der Waals surface area contributed by atoms with Crippen molar-refractivity contribution < 1.29 is 8.83 Å². The van der Waals surface area contributed by atoms with Gasteiger partial charge in [-0.1, -0.05) is 176 Å². The first kappa shape index (κ1) is 33.1. The van der Waals surface area contributed by atoms with E-state index in [0.29, 0.717) is 0 Å². The summed E-state index contributed by atoms with van der Waals surface area (Å²) in [6.45, 7) is 2.30. The number of hydrogen-bond acceptors (Lipinski definition) is 2. The second-order valence-electron chi connectivity index (χ2n) is 15.9. The Morgan fingerprint density at radius 3 is 1.72 bits per heavy atom. The molecule has 0 spiro atoms. The van der Waals surface area contributed by atoms with Crippen LogP contribution in [0.2, 0.25) is 0 Å². The SMILES string of the molecule is CCC1C(c2ccccc2)[N-]c2c(oc3ccc(-c4ccccc4)cc23)C1c1cccc(-c2cccc(-c3ccc4c(c3)c3cccc5oc6cccc4c6c53)c2)c1. The predicted molar refractivity (Wildman–Crippen MR) is 240 cm³/mol. The Kier molecular flexibility index (Phi) is 7.40. The van der Waals surface area contributed by atoms with E-state index in [4.69, 9.17) is 14.2 Å². The van der Waals surface area contributed by atoms with Crippen LogP contribution in [-0.2, 0) is 0 Å². The zero-order chi connectivity index (χ0) is 38.3. The number of benzene rings is 9. The molecule has 3 heterocycles. The molecule has 0 saturated heterocycles. The van der Waals surface area contributed by atoms with E-state index in [9.17, 15) is 0 Å². The van der Waals surface area contributed by atoms with Crippen LogP contribution in [0, 0.1) is 5.92 Å². The Hall–Kier alpha value is -7.10. The van der Waals surface area contributed by atoms with E-state index >= 15 is 0 Å². The van der Waals surface area contributed by atoms with Crippen LogP contribution in [-0.4, -0.2) is 0 Å². The van der Waals surface area contributed by atoms with Gasteiger partial charge in [0.05, 0.1) is 5.76 Å². The standard InChI is InChI=1S/C55H38NO2/c1-2-41-50(55-54(56-53(41)34-15-7-4-8-16-34)46-32-38(26-28-47(46)58-55)33-13-5-3-6-14-33)40-20-10-19-37(30-40)35-17-9-18-36(29-35)39-25-27-42-43-21-11-23-48-51(43)52-44(45(42)31-39)22-12-24-49(52)57-48/h3-32,41,50,53H,2H2,1H3/q-1. The molecule has 0 saturated carbocycles. The first-order valence-electron chi connectivity index (χ1n) is 20.4. The summed E-state index contributed by atoms with van der Waals surface area (Å²) in [5, 5.41) is 14.0. The molecule has 11 aromatic rings. The summed E-state index contributed by atoms with van der Waals surface area (Å²) in [5.74, 6) is 1.21. The Bertz CT molecular complexity index is 3320. The number of rotatable bonds is 6. The normalized spacial score (nSPS) is 16.7. The minimum Gasteiger partial charge on any atom is -0.674 e. The summed E-state index contributed by atoms with van der Waals surface area (Å²) in [6, 6.07) is 65.8. The van der Waals surface area contributed by atoms with Gasteiger partial charge >= 0.3 is 0 Å². The van der Waals surface area contributed by atoms with Gasteiger partial charge < -0.3 is 14.2 Å². The van der Waals surface area contributed by atoms with Crippen LogP contribution >= 0.6 is 0 Å². The Labute approximate surface area is 336 Å². The van der Waals surface area contributed by atoms with Crippen molar-refractivity contribution in [1.82, 2.24) is 0 Å². The lowest BCUT2D eigenvalue weighted by Gasteiger charge is -2.48. The van der Waals surface area contributed by atoms with Crippen LogP contribution in [0.5, 0.6) is 0 Å². The van der Waals surface area contributed by atoms with Crippen LogP contribution in [0.15, 0.2) is 191 Å². The second kappa shape index (κ2) is 13.0. The van der Waals surface area contributed by atoms with Crippen molar-refractivity contribution in [1.29, 1.82) is 0 Å². The van der Waals surface area contributed by atoms with Gasteiger partial charge in [-0.05, 0) is 103 Å². The van der Waals surface area contributed by atoms with E-state index in [-0.39, 0.29) is 17.9 Å². The predicted octanol–water partition coefficient (Wildman–Crippen LogP) is 16.0. The van der Waals surface area contributed by atoms with Gasteiger partial charge in [-0.2, -0.15) is 0 Å². The maximum Gasteiger partial charge on any atom is 0.136 e. The van der Waals surface area contributed by atoms with E-state index in [1.165, 1.54) is 76.8 Å². The lowest BCUT2D eigenvalue weighted by Crippen LogP contribution is -2.24. The largest absolute Gasteiger partial charge is 0.674 e. The van der Waals surface area contributed by atoms with Crippen molar-refractivity contribution in [2.45, 2.75) is 25.3 Å². The molecule has 0 bridgehead atoms. The van der Waals surface area contributed by atoms with Crippen molar-refractivity contribution in [2.75, 3.05) is 0 Å². The van der Waals surface area contributed by atoms with E-state index in [2.05, 4.69) is 189 Å². The lowest BCUT2D eigenvalue weighted by atomic mass is 9.73. The minimum atomic E-state index is -0.00293. The number of hydrogen-bond donors (Lipinski definition) is 0. The van der Waals surface area contributed by atoms with E-state index in [0.717, 1.165) is 40.0 Å². The molecule has 12 rings (SSSR count). The molecule has 0 N–H and O–H groups in total. The van der Waals surface area contributed by atoms with Gasteiger partial charge in [-0.3, -0.25) is 0 Å².